The maximum atomic E-state index is 14.4. The topological polar surface area (TPSA) is 90.3 Å². The van der Waals surface area contributed by atoms with Crippen molar-refractivity contribution in [2.45, 2.75) is 6.04 Å². The molecule has 0 saturated carbocycles. The average molecular weight is 433 g/mol. The number of carbonyl (C=O) groups excluding carboxylic acids is 2. The molecule has 0 bridgehead atoms. The van der Waals surface area contributed by atoms with Gasteiger partial charge in [0.1, 0.15) is 29.5 Å². The highest BCUT2D eigenvalue weighted by molar-refractivity contribution is 6.36. The summed E-state index contributed by atoms with van der Waals surface area (Å²) in [7, 11) is 0. The van der Waals surface area contributed by atoms with Crippen LogP contribution in [0, 0.1) is 5.82 Å². The number of aromatic hydroxyl groups is 2. The van der Waals surface area contributed by atoms with Gasteiger partial charge in [0, 0.05) is 25.2 Å². The van der Waals surface area contributed by atoms with Crippen LogP contribution >= 0.6 is 11.6 Å². The standard InChI is InChI=1S/C21H18ClFN2O5/c1-2-16(28)24-6-7-25-11(9-24)10-30-20-18(21(25)29)15(27)8-12(19(20)22)17-13(23)4-3-5-14(17)26/h2-5,8,11,26-27H,1,6-7,9-10H2/t11-/m1/s1. The van der Waals surface area contributed by atoms with Gasteiger partial charge in [-0.2, -0.15) is 0 Å². The van der Waals surface area contributed by atoms with Gasteiger partial charge in [0.05, 0.1) is 16.6 Å². The molecule has 2 aromatic carbocycles. The molecule has 1 fully saturated rings. The van der Waals surface area contributed by atoms with Crippen LogP contribution in [0.3, 0.4) is 0 Å². The van der Waals surface area contributed by atoms with E-state index < -0.39 is 23.5 Å². The first-order valence-corrected chi connectivity index (χ1v) is 9.59. The number of halogens is 2. The van der Waals surface area contributed by atoms with Gasteiger partial charge in [0.2, 0.25) is 5.91 Å². The van der Waals surface area contributed by atoms with E-state index in [0.29, 0.717) is 6.54 Å². The fourth-order valence-electron chi connectivity index (χ4n) is 3.84. The second kappa shape index (κ2) is 7.53. The van der Waals surface area contributed by atoms with Gasteiger partial charge in [0.15, 0.2) is 5.75 Å². The highest BCUT2D eigenvalue weighted by atomic mass is 35.5. The number of hydrogen-bond acceptors (Lipinski definition) is 5. The molecule has 0 aliphatic carbocycles. The summed E-state index contributed by atoms with van der Waals surface area (Å²) in [5.41, 5.74) is -0.341. The van der Waals surface area contributed by atoms with E-state index in [4.69, 9.17) is 16.3 Å². The first kappa shape index (κ1) is 20.0. The number of carbonyl (C=O) groups is 2. The fraction of sp³-hybridized carbons (Fsp3) is 0.238. The van der Waals surface area contributed by atoms with E-state index in [9.17, 15) is 24.2 Å². The number of benzene rings is 2. The van der Waals surface area contributed by atoms with Gasteiger partial charge in [-0.15, -0.1) is 0 Å². The van der Waals surface area contributed by atoms with Crippen LogP contribution in [0.2, 0.25) is 5.02 Å². The first-order chi connectivity index (χ1) is 14.3. The molecule has 2 aliphatic heterocycles. The molecule has 1 atom stereocenters. The smallest absolute Gasteiger partial charge is 0.261 e. The number of nitrogens with zero attached hydrogens (tertiary/aromatic N) is 2. The fourth-order valence-corrected chi connectivity index (χ4v) is 4.14. The molecule has 0 unspecified atom stereocenters. The average Bonchev–Trinajstić information content (AvgIpc) is 2.87. The van der Waals surface area contributed by atoms with E-state index in [-0.39, 0.29) is 58.8 Å². The summed E-state index contributed by atoms with van der Waals surface area (Å²) in [5, 5.41) is 20.6. The zero-order valence-electron chi connectivity index (χ0n) is 15.8. The molecule has 0 spiro atoms. The molecule has 0 radical (unpaired) electrons. The van der Waals surface area contributed by atoms with Crippen LogP contribution in [0.25, 0.3) is 11.1 Å². The van der Waals surface area contributed by atoms with Crippen LogP contribution in [-0.4, -0.2) is 64.1 Å². The van der Waals surface area contributed by atoms with Crippen LogP contribution in [-0.2, 0) is 4.79 Å². The summed E-state index contributed by atoms with van der Waals surface area (Å²) in [4.78, 5) is 28.2. The zero-order chi connectivity index (χ0) is 21.6. The lowest BCUT2D eigenvalue weighted by Gasteiger charge is -2.39. The number of fused-ring (bicyclic) bond motifs is 2. The molecule has 9 heteroatoms. The molecular formula is C21H18ClFN2O5. The Bertz CT molecular complexity index is 1050. The molecule has 2 aromatic rings. The van der Waals surface area contributed by atoms with Gasteiger partial charge in [0.25, 0.3) is 5.91 Å². The number of piperazine rings is 1. The Labute approximate surface area is 176 Å². The summed E-state index contributed by atoms with van der Waals surface area (Å²) in [6.07, 6.45) is 1.21. The zero-order valence-corrected chi connectivity index (χ0v) is 16.5. The van der Waals surface area contributed by atoms with E-state index >= 15 is 0 Å². The normalized spacial score (nSPS) is 18.2. The Morgan fingerprint density at radius 2 is 2.03 bits per heavy atom. The van der Waals surface area contributed by atoms with E-state index in [1.165, 1.54) is 23.1 Å². The van der Waals surface area contributed by atoms with Crippen molar-refractivity contribution < 1.29 is 28.9 Å². The van der Waals surface area contributed by atoms with Crippen LogP contribution < -0.4 is 4.74 Å². The largest absolute Gasteiger partial charge is 0.507 e. The van der Waals surface area contributed by atoms with Crippen molar-refractivity contribution in [3.63, 3.8) is 0 Å². The Morgan fingerprint density at radius 3 is 2.73 bits per heavy atom. The van der Waals surface area contributed by atoms with Gasteiger partial charge in [-0.25, -0.2) is 4.39 Å². The molecule has 2 N–H and O–H groups in total. The Kier molecular flexibility index (Phi) is 5.03. The monoisotopic (exact) mass is 432 g/mol. The van der Waals surface area contributed by atoms with Crippen molar-refractivity contribution in [2.75, 3.05) is 26.2 Å². The number of ether oxygens (including phenoxy) is 1. The van der Waals surface area contributed by atoms with Crippen LogP contribution in [0.1, 0.15) is 10.4 Å². The lowest BCUT2D eigenvalue weighted by molar-refractivity contribution is -0.128. The molecular weight excluding hydrogens is 415 g/mol. The molecule has 0 aromatic heterocycles. The minimum Gasteiger partial charge on any atom is -0.507 e. The van der Waals surface area contributed by atoms with E-state index in [1.807, 2.05) is 0 Å². The summed E-state index contributed by atoms with van der Waals surface area (Å²) in [6.45, 7) is 4.30. The number of amides is 2. The lowest BCUT2D eigenvalue weighted by atomic mass is 9.99. The predicted octanol–water partition coefficient (Wildman–Crippen LogP) is 2.79. The summed E-state index contributed by atoms with van der Waals surface area (Å²) in [5.74, 6) is -2.39. The second-order valence-electron chi connectivity index (χ2n) is 7.05. The third kappa shape index (κ3) is 3.13. The highest BCUT2D eigenvalue weighted by Gasteiger charge is 2.39. The maximum absolute atomic E-state index is 14.4. The first-order valence-electron chi connectivity index (χ1n) is 9.22. The molecule has 7 nitrogen and oxygen atoms in total. The quantitative estimate of drug-likeness (QED) is 0.712. The molecule has 2 heterocycles. The Morgan fingerprint density at radius 1 is 1.27 bits per heavy atom. The summed E-state index contributed by atoms with van der Waals surface area (Å²) >= 11 is 6.45. The van der Waals surface area contributed by atoms with Crippen molar-refractivity contribution in [1.82, 2.24) is 9.80 Å². The summed E-state index contributed by atoms with van der Waals surface area (Å²) < 4.78 is 20.2. The number of phenols is 2. The van der Waals surface area contributed by atoms with Crippen LogP contribution in [0.15, 0.2) is 36.9 Å². The van der Waals surface area contributed by atoms with Gasteiger partial charge < -0.3 is 24.7 Å². The van der Waals surface area contributed by atoms with Crippen molar-refractivity contribution in [3.8, 4) is 28.4 Å². The maximum Gasteiger partial charge on any atom is 0.261 e. The molecule has 156 valence electrons. The van der Waals surface area contributed by atoms with E-state index in [1.54, 1.807) is 4.90 Å². The van der Waals surface area contributed by atoms with Crippen molar-refractivity contribution >= 4 is 23.4 Å². The van der Waals surface area contributed by atoms with Crippen LogP contribution in [0.5, 0.6) is 17.2 Å². The van der Waals surface area contributed by atoms with Gasteiger partial charge in [-0.3, -0.25) is 9.59 Å². The third-order valence-electron chi connectivity index (χ3n) is 5.32. The van der Waals surface area contributed by atoms with Crippen LogP contribution in [0.4, 0.5) is 4.39 Å². The van der Waals surface area contributed by atoms with Crippen molar-refractivity contribution in [3.05, 3.63) is 53.3 Å². The number of rotatable bonds is 2. The number of hydrogen-bond donors (Lipinski definition) is 2. The van der Waals surface area contributed by atoms with Crippen molar-refractivity contribution in [2.24, 2.45) is 0 Å². The van der Waals surface area contributed by atoms with Gasteiger partial charge >= 0.3 is 0 Å². The summed E-state index contributed by atoms with van der Waals surface area (Å²) in [6, 6.07) is 4.45. The Balaban J connectivity index is 1.78. The third-order valence-corrected chi connectivity index (χ3v) is 5.70. The molecule has 30 heavy (non-hydrogen) atoms. The SMILES string of the molecule is C=CC(=O)N1CCN2C(=O)c3c(O)cc(-c4c(O)cccc4F)c(Cl)c3OC[C@H]2C1. The van der Waals surface area contributed by atoms with Crippen molar-refractivity contribution in [1.29, 1.82) is 0 Å². The lowest BCUT2D eigenvalue weighted by Crippen LogP contribution is -2.57. The molecule has 2 amide bonds. The highest BCUT2D eigenvalue weighted by Crippen LogP contribution is 2.47. The molecule has 1 saturated heterocycles. The second-order valence-corrected chi connectivity index (χ2v) is 7.43. The van der Waals surface area contributed by atoms with E-state index in [0.717, 1.165) is 12.1 Å². The minimum atomic E-state index is -0.743. The molecule has 2 aliphatic rings. The van der Waals surface area contributed by atoms with Gasteiger partial charge in [-0.05, 0) is 24.3 Å². The molecule has 4 rings (SSSR count). The number of phenolic OH excluding ortho intramolecular Hbond substituents is 2. The van der Waals surface area contributed by atoms with E-state index in [2.05, 4.69) is 6.58 Å². The predicted molar refractivity (Wildman–Crippen MR) is 107 cm³/mol. The minimum absolute atomic E-state index is 0.000324. The van der Waals surface area contributed by atoms with Gasteiger partial charge in [-0.1, -0.05) is 24.2 Å². The Hall–Kier alpha value is -3.26.